The molecule has 10 heteroatoms. The first kappa shape index (κ1) is 18.1. The average Bonchev–Trinajstić information content (AvgIpc) is 3.01. The minimum atomic E-state index is -1.21. The van der Waals surface area contributed by atoms with E-state index in [4.69, 9.17) is 17.0 Å². The van der Waals surface area contributed by atoms with Crippen molar-refractivity contribution in [1.29, 1.82) is 5.41 Å². The number of ketones is 1. The number of ether oxygens (including phenoxy) is 1. The number of Topliss-reactive ketones (excluding diaryl/α,β-unsaturated/α-hetero) is 1. The summed E-state index contributed by atoms with van der Waals surface area (Å²) in [6.45, 7) is 1.39. The van der Waals surface area contributed by atoms with Gasteiger partial charge in [-0.15, -0.1) is 5.10 Å². The van der Waals surface area contributed by atoms with Crippen LogP contribution >= 0.6 is 23.4 Å². The molecule has 2 aromatic rings. The van der Waals surface area contributed by atoms with Crippen molar-refractivity contribution in [3.05, 3.63) is 29.3 Å². The Kier molecular flexibility index (Phi) is 6.04. The minimum absolute atomic E-state index is 0.0651. The smallest absolute Gasteiger partial charge is 0.322 e. The number of carbonyl (C=O) groups excluding carboxylic acids is 2. The number of thioether (sulfide) groups is 1. The second kappa shape index (κ2) is 8.02. The average molecular weight is 368 g/mol. The lowest BCUT2D eigenvalue weighted by atomic mass is 10.0. The summed E-state index contributed by atoms with van der Waals surface area (Å²) in [4.78, 5) is 23.8. The van der Waals surface area contributed by atoms with Crippen molar-refractivity contribution in [2.75, 3.05) is 12.9 Å². The van der Waals surface area contributed by atoms with Gasteiger partial charge in [0.2, 0.25) is 5.16 Å². The van der Waals surface area contributed by atoms with Crippen LogP contribution in [0.25, 0.3) is 5.69 Å². The summed E-state index contributed by atoms with van der Waals surface area (Å²) >= 11 is 6.92. The SMILES string of the molecule is COC(=O)C(C(C)=N)C(=O)CSc1nnnn1-c1ccc(Cl)cc1. The van der Waals surface area contributed by atoms with Crippen molar-refractivity contribution in [2.45, 2.75) is 12.1 Å². The highest BCUT2D eigenvalue weighted by Crippen LogP contribution is 2.21. The number of aromatic nitrogens is 4. The zero-order valence-electron chi connectivity index (χ0n) is 12.9. The number of hydrogen-bond donors (Lipinski definition) is 1. The van der Waals surface area contributed by atoms with Crippen molar-refractivity contribution in [1.82, 2.24) is 20.2 Å². The molecule has 1 heterocycles. The molecule has 1 aromatic carbocycles. The fourth-order valence-electron chi connectivity index (χ4n) is 1.90. The largest absolute Gasteiger partial charge is 0.468 e. The van der Waals surface area contributed by atoms with Gasteiger partial charge in [-0.3, -0.25) is 9.59 Å². The van der Waals surface area contributed by atoms with Gasteiger partial charge in [-0.05, 0) is 41.6 Å². The Hall–Kier alpha value is -2.26. The molecule has 24 heavy (non-hydrogen) atoms. The van der Waals surface area contributed by atoms with Gasteiger partial charge >= 0.3 is 5.97 Å². The van der Waals surface area contributed by atoms with Crippen LogP contribution in [0.3, 0.4) is 0 Å². The van der Waals surface area contributed by atoms with Crippen LogP contribution in [0.5, 0.6) is 0 Å². The lowest BCUT2D eigenvalue weighted by Gasteiger charge is -2.11. The summed E-state index contributed by atoms with van der Waals surface area (Å²) in [5.41, 5.74) is 0.622. The number of nitrogens with zero attached hydrogens (tertiary/aromatic N) is 4. The minimum Gasteiger partial charge on any atom is -0.468 e. The van der Waals surface area contributed by atoms with Gasteiger partial charge in [0, 0.05) is 10.7 Å². The normalized spacial score (nSPS) is 11.8. The van der Waals surface area contributed by atoms with E-state index >= 15 is 0 Å². The zero-order chi connectivity index (χ0) is 17.7. The van der Waals surface area contributed by atoms with Gasteiger partial charge in [-0.25, -0.2) is 0 Å². The zero-order valence-corrected chi connectivity index (χ0v) is 14.5. The first-order chi connectivity index (χ1) is 11.4. The van der Waals surface area contributed by atoms with Crippen molar-refractivity contribution < 1.29 is 14.3 Å². The maximum atomic E-state index is 12.2. The van der Waals surface area contributed by atoms with E-state index < -0.39 is 17.7 Å². The number of methoxy groups -OCH3 is 1. The van der Waals surface area contributed by atoms with Crippen LogP contribution in [0, 0.1) is 11.3 Å². The lowest BCUT2D eigenvalue weighted by molar-refractivity contribution is -0.145. The quantitative estimate of drug-likeness (QED) is 0.344. The number of esters is 1. The molecule has 0 aliphatic heterocycles. The molecule has 126 valence electrons. The van der Waals surface area contributed by atoms with E-state index in [0.29, 0.717) is 15.9 Å². The fraction of sp³-hybridized carbons (Fsp3) is 0.286. The van der Waals surface area contributed by atoms with E-state index in [-0.39, 0.29) is 11.5 Å². The van der Waals surface area contributed by atoms with Crippen LogP contribution in [0.15, 0.2) is 29.4 Å². The Bertz CT molecular complexity index is 762. The highest BCUT2D eigenvalue weighted by Gasteiger charge is 2.29. The number of rotatable bonds is 7. The van der Waals surface area contributed by atoms with Gasteiger partial charge in [0.05, 0.1) is 18.6 Å². The van der Waals surface area contributed by atoms with Gasteiger partial charge in [-0.1, -0.05) is 23.4 Å². The molecule has 8 nitrogen and oxygen atoms in total. The summed E-state index contributed by atoms with van der Waals surface area (Å²) < 4.78 is 6.03. The molecule has 1 unspecified atom stereocenters. The molecule has 0 aliphatic rings. The molecule has 0 spiro atoms. The number of benzene rings is 1. The van der Waals surface area contributed by atoms with E-state index in [1.165, 1.54) is 18.7 Å². The van der Waals surface area contributed by atoms with Crippen molar-refractivity contribution >= 4 is 40.8 Å². The maximum absolute atomic E-state index is 12.2. The Balaban J connectivity index is 2.11. The van der Waals surface area contributed by atoms with Crippen LogP contribution < -0.4 is 0 Å². The van der Waals surface area contributed by atoms with E-state index in [0.717, 1.165) is 11.8 Å². The third kappa shape index (κ3) is 4.18. The first-order valence-corrected chi connectivity index (χ1v) is 8.13. The van der Waals surface area contributed by atoms with Crippen LogP contribution in [-0.2, 0) is 14.3 Å². The van der Waals surface area contributed by atoms with Crippen molar-refractivity contribution in [3.63, 3.8) is 0 Å². The predicted octanol–water partition coefficient (Wildman–Crippen LogP) is 1.81. The number of halogens is 1. The standard InChI is InChI=1S/C14H14ClN5O3S/c1-8(16)12(13(22)23-2)11(21)7-24-14-17-18-19-20(14)10-5-3-9(15)4-6-10/h3-6,12,16H,7H2,1-2H3. The highest BCUT2D eigenvalue weighted by molar-refractivity contribution is 7.99. The van der Waals surface area contributed by atoms with Crippen LogP contribution in [0.2, 0.25) is 5.02 Å². The molecular weight excluding hydrogens is 354 g/mol. The molecule has 0 aliphatic carbocycles. The van der Waals surface area contributed by atoms with Gasteiger partial charge in [-0.2, -0.15) is 4.68 Å². The number of tetrazole rings is 1. The van der Waals surface area contributed by atoms with Crippen LogP contribution in [-0.4, -0.2) is 50.5 Å². The number of carbonyl (C=O) groups is 2. The number of nitrogens with one attached hydrogen (secondary N) is 1. The molecule has 0 radical (unpaired) electrons. The first-order valence-electron chi connectivity index (χ1n) is 6.76. The van der Waals surface area contributed by atoms with Gasteiger partial charge in [0.15, 0.2) is 11.7 Å². The van der Waals surface area contributed by atoms with E-state index in [9.17, 15) is 9.59 Å². The Labute approximate surface area is 147 Å². The maximum Gasteiger partial charge on any atom is 0.322 e. The molecule has 0 bridgehead atoms. The van der Waals surface area contributed by atoms with Gasteiger partial charge in [0.25, 0.3) is 0 Å². The van der Waals surface area contributed by atoms with Crippen LogP contribution in [0.1, 0.15) is 6.92 Å². The Morgan fingerprint density at radius 3 is 2.62 bits per heavy atom. The number of hydrogen-bond acceptors (Lipinski definition) is 8. The van der Waals surface area contributed by atoms with Gasteiger partial charge < -0.3 is 10.1 Å². The third-order valence-electron chi connectivity index (χ3n) is 3.05. The molecule has 0 amide bonds. The topological polar surface area (TPSA) is 111 Å². The molecular formula is C14H14ClN5O3S. The van der Waals surface area contributed by atoms with Crippen molar-refractivity contribution in [2.24, 2.45) is 5.92 Å². The molecule has 1 N–H and O–H groups in total. The second-order valence-corrected chi connectivity index (χ2v) is 6.12. The molecule has 2 rings (SSSR count). The summed E-state index contributed by atoms with van der Waals surface area (Å²) in [6.07, 6.45) is 0. The summed E-state index contributed by atoms with van der Waals surface area (Å²) in [5.74, 6) is -2.46. The predicted molar refractivity (Wildman–Crippen MR) is 88.8 cm³/mol. The third-order valence-corrected chi connectivity index (χ3v) is 4.24. The fourth-order valence-corrected chi connectivity index (χ4v) is 2.82. The summed E-state index contributed by atoms with van der Waals surface area (Å²) in [6, 6.07) is 6.88. The molecule has 0 fully saturated rings. The highest BCUT2D eigenvalue weighted by atomic mass is 35.5. The van der Waals surface area contributed by atoms with E-state index in [2.05, 4.69) is 20.3 Å². The molecule has 0 saturated heterocycles. The van der Waals surface area contributed by atoms with E-state index in [1.54, 1.807) is 24.3 Å². The summed E-state index contributed by atoms with van der Waals surface area (Å²) in [5, 5.41) is 19.9. The Morgan fingerprint density at radius 2 is 2.04 bits per heavy atom. The summed E-state index contributed by atoms with van der Waals surface area (Å²) in [7, 11) is 1.18. The van der Waals surface area contributed by atoms with Crippen LogP contribution in [0.4, 0.5) is 0 Å². The lowest BCUT2D eigenvalue weighted by Crippen LogP contribution is -2.32. The molecule has 1 aromatic heterocycles. The van der Waals surface area contributed by atoms with E-state index in [1.807, 2.05) is 0 Å². The van der Waals surface area contributed by atoms with Crippen molar-refractivity contribution in [3.8, 4) is 5.69 Å². The molecule has 1 atom stereocenters. The van der Waals surface area contributed by atoms with Gasteiger partial charge in [0.1, 0.15) is 0 Å². The monoisotopic (exact) mass is 367 g/mol. The molecule has 0 saturated carbocycles. The Morgan fingerprint density at radius 1 is 1.38 bits per heavy atom. The second-order valence-electron chi connectivity index (χ2n) is 4.74.